The minimum atomic E-state index is -0.485. The van der Waals surface area contributed by atoms with Gasteiger partial charge >= 0.3 is 0 Å². The van der Waals surface area contributed by atoms with E-state index in [4.69, 9.17) is 10.9 Å². The maximum Gasteiger partial charge on any atom is 0.236 e. The minimum absolute atomic E-state index is 0.155. The predicted molar refractivity (Wildman–Crippen MR) is 69.3 cm³/mol. The minimum Gasteiger partial charge on any atom is -0.409 e. The lowest BCUT2D eigenvalue weighted by Crippen LogP contribution is -2.40. The molecule has 7 heteroatoms. The van der Waals surface area contributed by atoms with Crippen molar-refractivity contribution in [2.45, 2.75) is 19.5 Å². The molecule has 104 valence electrons. The summed E-state index contributed by atoms with van der Waals surface area (Å²) in [5, 5.41) is 16.7. The molecular formula is C12H17FN4O2. The van der Waals surface area contributed by atoms with Gasteiger partial charge in [-0.2, -0.15) is 0 Å². The number of benzene rings is 1. The van der Waals surface area contributed by atoms with Gasteiger partial charge in [0.2, 0.25) is 5.91 Å². The number of likely N-dealkylation sites (N-methyl/N-ethyl adjacent to an activating group) is 1. The number of carbonyl (C=O) groups is 1. The van der Waals surface area contributed by atoms with Crippen LogP contribution < -0.4 is 16.4 Å². The van der Waals surface area contributed by atoms with Crippen LogP contribution in [0.1, 0.15) is 18.1 Å². The molecule has 1 atom stereocenters. The van der Waals surface area contributed by atoms with E-state index in [-0.39, 0.29) is 18.3 Å². The average Bonchev–Trinajstić information content (AvgIpc) is 2.43. The van der Waals surface area contributed by atoms with E-state index >= 15 is 0 Å². The van der Waals surface area contributed by atoms with E-state index in [0.29, 0.717) is 11.1 Å². The van der Waals surface area contributed by atoms with E-state index < -0.39 is 11.9 Å². The van der Waals surface area contributed by atoms with Gasteiger partial charge in [0.1, 0.15) is 5.82 Å². The quantitative estimate of drug-likeness (QED) is 0.264. The number of carbonyl (C=O) groups excluding carboxylic acids is 1. The zero-order chi connectivity index (χ0) is 14.4. The predicted octanol–water partition coefficient (Wildman–Crippen LogP) is 0.144. The number of amidine groups is 1. The molecule has 5 N–H and O–H groups in total. The number of nitrogens with zero attached hydrogens (tertiary/aromatic N) is 1. The third-order valence-corrected chi connectivity index (χ3v) is 2.69. The van der Waals surface area contributed by atoms with Crippen LogP contribution in [0.3, 0.4) is 0 Å². The van der Waals surface area contributed by atoms with Gasteiger partial charge in [-0.3, -0.25) is 4.79 Å². The standard InChI is InChI=1S/C12H17FN4O2/c1-7(12(18)15-2)16-6-9-4-3-8(5-10(9)13)11(14)17-19/h3-5,7,16,19H,6H2,1-2H3,(H2,14,17)(H,15,18). The SMILES string of the molecule is CNC(=O)C(C)NCc1ccc(C(N)=NO)cc1F. The molecule has 0 aromatic heterocycles. The Balaban J connectivity index is 2.73. The van der Waals surface area contributed by atoms with Crippen molar-refractivity contribution < 1.29 is 14.4 Å². The van der Waals surface area contributed by atoms with Crippen molar-refractivity contribution in [1.29, 1.82) is 0 Å². The molecule has 1 aromatic carbocycles. The molecule has 1 rings (SSSR count). The summed E-state index contributed by atoms with van der Waals surface area (Å²) in [6.45, 7) is 1.89. The fourth-order valence-corrected chi connectivity index (χ4v) is 1.48. The summed E-state index contributed by atoms with van der Waals surface area (Å²) < 4.78 is 13.7. The van der Waals surface area contributed by atoms with Crippen molar-refractivity contribution in [3.8, 4) is 0 Å². The monoisotopic (exact) mass is 268 g/mol. The zero-order valence-electron chi connectivity index (χ0n) is 10.8. The lowest BCUT2D eigenvalue weighted by Gasteiger charge is -2.13. The van der Waals surface area contributed by atoms with Gasteiger partial charge in [-0.05, 0) is 13.0 Å². The summed E-state index contributed by atoms with van der Waals surface area (Å²) in [7, 11) is 1.53. The Morgan fingerprint density at radius 3 is 2.79 bits per heavy atom. The highest BCUT2D eigenvalue weighted by Gasteiger charge is 2.12. The Hall–Kier alpha value is -2.15. The third kappa shape index (κ3) is 3.92. The molecule has 0 heterocycles. The lowest BCUT2D eigenvalue weighted by atomic mass is 10.1. The van der Waals surface area contributed by atoms with E-state index in [9.17, 15) is 9.18 Å². The Bertz CT molecular complexity index is 491. The van der Waals surface area contributed by atoms with Crippen molar-refractivity contribution in [2.24, 2.45) is 10.9 Å². The van der Waals surface area contributed by atoms with Crippen molar-refractivity contribution in [2.75, 3.05) is 7.05 Å². The van der Waals surface area contributed by atoms with Gasteiger partial charge in [0.05, 0.1) is 6.04 Å². The molecule has 0 bridgehead atoms. The number of amides is 1. The molecule has 6 nitrogen and oxygen atoms in total. The smallest absolute Gasteiger partial charge is 0.236 e. The Labute approximate surface area is 110 Å². The number of rotatable bonds is 5. The molecule has 0 fully saturated rings. The molecule has 0 aliphatic heterocycles. The zero-order valence-corrected chi connectivity index (χ0v) is 10.8. The van der Waals surface area contributed by atoms with Crippen LogP contribution in [0.5, 0.6) is 0 Å². The average molecular weight is 268 g/mol. The Morgan fingerprint density at radius 1 is 1.58 bits per heavy atom. The molecule has 1 amide bonds. The summed E-state index contributed by atoms with van der Waals surface area (Å²) >= 11 is 0. The highest BCUT2D eigenvalue weighted by atomic mass is 19.1. The second kappa shape index (κ2) is 6.69. The van der Waals surface area contributed by atoms with Gasteiger partial charge < -0.3 is 21.6 Å². The molecule has 0 aliphatic carbocycles. The van der Waals surface area contributed by atoms with Crippen LogP contribution >= 0.6 is 0 Å². The van der Waals surface area contributed by atoms with Crippen molar-refractivity contribution in [3.63, 3.8) is 0 Å². The molecule has 1 unspecified atom stereocenters. The normalized spacial score (nSPS) is 13.1. The van der Waals surface area contributed by atoms with Crippen LogP contribution in [0.4, 0.5) is 4.39 Å². The summed E-state index contributed by atoms with van der Waals surface area (Å²) in [6, 6.07) is 3.82. The van der Waals surface area contributed by atoms with Gasteiger partial charge in [0.15, 0.2) is 5.84 Å². The third-order valence-electron chi connectivity index (χ3n) is 2.69. The van der Waals surface area contributed by atoms with Crippen molar-refractivity contribution in [1.82, 2.24) is 10.6 Å². The van der Waals surface area contributed by atoms with Crippen LogP contribution in [0, 0.1) is 5.82 Å². The highest BCUT2D eigenvalue weighted by molar-refractivity contribution is 5.97. The van der Waals surface area contributed by atoms with Crippen LogP contribution in [0.15, 0.2) is 23.4 Å². The van der Waals surface area contributed by atoms with E-state index in [1.165, 1.54) is 19.2 Å². The largest absolute Gasteiger partial charge is 0.409 e. The summed E-state index contributed by atoms with van der Waals surface area (Å²) in [5.74, 6) is -0.813. The second-order valence-corrected chi connectivity index (χ2v) is 4.01. The molecule has 0 spiro atoms. The van der Waals surface area contributed by atoms with E-state index in [2.05, 4.69) is 15.8 Å². The van der Waals surface area contributed by atoms with Crippen molar-refractivity contribution in [3.05, 3.63) is 35.1 Å². The topological polar surface area (TPSA) is 99.7 Å². The molecule has 19 heavy (non-hydrogen) atoms. The van der Waals surface area contributed by atoms with Gasteiger partial charge in [-0.15, -0.1) is 0 Å². The Morgan fingerprint density at radius 2 is 2.26 bits per heavy atom. The van der Waals surface area contributed by atoms with E-state index in [1.54, 1.807) is 13.0 Å². The molecule has 0 radical (unpaired) electrons. The first kappa shape index (κ1) is 14.9. The van der Waals surface area contributed by atoms with E-state index in [1.807, 2.05) is 0 Å². The summed E-state index contributed by atoms with van der Waals surface area (Å²) in [6.07, 6.45) is 0. The van der Waals surface area contributed by atoms with Gasteiger partial charge in [0, 0.05) is 24.7 Å². The Kier molecular flexibility index (Phi) is 5.25. The molecule has 0 aliphatic rings. The molecule has 0 saturated heterocycles. The molecule has 1 aromatic rings. The maximum atomic E-state index is 13.7. The van der Waals surface area contributed by atoms with Crippen LogP contribution in [0.25, 0.3) is 0 Å². The molecule has 0 saturated carbocycles. The first-order valence-corrected chi connectivity index (χ1v) is 5.71. The number of halogens is 1. The maximum absolute atomic E-state index is 13.7. The highest BCUT2D eigenvalue weighted by Crippen LogP contribution is 2.10. The first-order valence-electron chi connectivity index (χ1n) is 5.71. The van der Waals surface area contributed by atoms with E-state index in [0.717, 1.165) is 0 Å². The summed E-state index contributed by atoms with van der Waals surface area (Å²) in [4.78, 5) is 11.3. The number of oxime groups is 1. The number of hydrogen-bond acceptors (Lipinski definition) is 4. The van der Waals surface area contributed by atoms with Crippen LogP contribution in [-0.2, 0) is 11.3 Å². The molecular weight excluding hydrogens is 251 g/mol. The number of hydrogen-bond donors (Lipinski definition) is 4. The van der Waals surface area contributed by atoms with Crippen molar-refractivity contribution >= 4 is 11.7 Å². The second-order valence-electron chi connectivity index (χ2n) is 4.01. The first-order chi connectivity index (χ1) is 8.99. The van der Waals surface area contributed by atoms with Gasteiger partial charge in [-0.1, -0.05) is 17.3 Å². The number of nitrogens with two attached hydrogens (primary N) is 1. The van der Waals surface area contributed by atoms with Gasteiger partial charge in [0.25, 0.3) is 0 Å². The fraction of sp³-hybridized carbons (Fsp3) is 0.333. The lowest BCUT2D eigenvalue weighted by molar-refractivity contribution is -0.122. The number of nitrogens with one attached hydrogen (secondary N) is 2. The summed E-state index contributed by atoms with van der Waals surface area (Å²) in [5.41, 5.74) is 6.05. The van der Waals surface area contributed by atoms with Gasteiger partial charge in [-0.25, -0.2) is 4.39 Å². The van der Waals surface area contributed by atoms with Crippen LogP contribution in [0.2, 0.25) is 0 Å². The van der Waals surface area contributed by atoms with Crippen LogP contribution in [-0.4, -0.2) is 30.0 Å². The fourth-order valence-electron chi connectivity index (χ4n) is 1.48.